The number of rotatable bonds is 4. The van der Waals surface area contributed by atoms with Crippen molar-refractivity contribution >= 4 is 23.2 Å². The zero-order chi connectivity index (χ0) is 16.2. The molecule has 1 saturated heterocycles. The summed E-state index contributed by atoms with van der Waals surface area (Å²) >= 11 is 5.48. The Kier molecular flexibility index (Phi) is 5.00. The molecule has 0 bridgehead atoms. The Morgan fingerprint density at radius 3 is 2.35 bits per heavy atom. The van der Waals surface area contributed by atoms with Gasteiger partial charge in [0.05, 0.1) is 7.11 Å². The van der Waals surface area contributed by atoms with Crippen LogP contribution < -0.4 is 10.1 Å². The summed E-state index contributed by atoms with van der Waals surface area (Å²) in [5.74, 6) is 1.50. The van der Waals surface area contributed by atoms with Gasteiger partial charge in [-0.2, -0.15) is 0 Å². The lowest BCUT2D eigenvalue weighted by Gasteiger charge is -2.36. The maximum Gasteiger partial charge on any atom is 0.225 e. The van der Waals surface area contributed by atoms with E-state index in [1.165, 1.54) is 0 Å². The molecule has 0 radical (unpaired) electrons. The maximum atomic E-state index is 12.0. The highest BCUT2D eigenvalue weighted by atomic mass is 32.1. The molecule has 1 saturated carbocycles. The van der Waals surface area contributed by atoms with E-state index in [1.807, 2.05) is 29.2 Å². The highest BCUT2D eigenvalue weighted by Gasteiger charge is 2.34. The van der Waals surface area contributed by atoms with Gasteiger partial charge in [0.1, 0.15) is 5.75 Å². The fraction of sp³-hybridized carbons (Fsp3) is 0.529. The van der Waals surface area contributed by atoms with Crippen LogP contribution in [0.15, 0.2) is 24.3 Å². The predicted octanol–water partition coefficient (Wildman–Crippen LogP) is 1.62. The van der Waals surface area contributed by atoms with Crippen molar-refractivity contribution < 1.29 is 9.53 Å². The van der Waals surface area contributed by atoms with Gasteiger partial charge in [-0.05, 0) is 42.8 Å². The maximum absolute atomic E-state index is 12.0. The number of benzene rings is 1. The number of hydrogen-bond acceptors (Lipinski definition) is 3. The third kappa shape index (κ3) is 4.13. The van der Waals surface area contributed by atoms with E-state index in [-0.39, 0.29) is 0 Å². The summed E-state index contributed by atoms with van der Waals surface area (Å²) in [6.45, 7) is 3.88. The highest BCUT2D eigenvalue weighted by Crippen LogP contribution is 2.31. The summed E-state index contributed by atoms with van der Waals surface area (Å²) in [5.41, 5.74) is 1.16. The van der Waals surface area contributed by atoms with Crippen molar-refractivity contribution in [2.45, 2.75) is 19.4 Å². The van der Waals surface area contributed by atoms with Gasteiger partial charge in [-0.15, -0.1) is 0 Å². The molecule has 1 aliphatic carbocycles. The van der Waals surface area contributed by atoms with Crippen LogP contribution in [0.5, 0.6) is 5.75 Å². The van der Waals surface area contributed by atoms with Crippen LogP contribution in [-0.2, 0) is 11.3 Å². The highest BCUT2D eigenvalue weighted by molar-refractivity contribution is 7.80. The minimum absolute atomic E-state index is 0.307. The molecule has 5 nitrogen and oxygen atoms in total. The van der Waals surface area contributed by atoms with E-state index in [1.54, 1.807) is 7.11 Å². The van der Waals surface area contributed by atoms with E-state index < -0.39 is 0 Å². The number of nitrogens with zero attached hydrogens (tertiary/aromatic N) is 2. The Hall–Kier alpha value is -1.82. The minimum atomic E-state index is 0.307. The lowest BCUT2D eigenvalue weighted by molar-refractivity contribution is -0.133. The average Bonchev–Trinajstić information content (AvgIpc) is 3.44. The second-order valence-electron chi connectivity index (χ2n) is 6.09. The van der Waals surface area contributed by atoms with Gasteiger partial charge in [0.25, 0.3) is 0 Å². The summed E-state index contributed by atoms with van der Waals surface area (Å²) < 4.78 is 5.15. The number of piperazine rings is 1. The molecule has 2 fully saturated rings. The molecule has 0 spiro atoms. The van der Waals surface area contributed by atoms with Crippen molar-refractivity contribution in [3.8, 4) is 5.75 Å². The number of methoxy groups -OCH3 is 1. The molecule has 1 heterocycles. The van der Waals surface area contributed by atoms with Crippen molar-refractivity contribution in [1.29, 1.82) is 0 Å². The largest absolute Gasteiger partial charge is 0.497 e. The van der Waals surface area contributed by atoms with Crippen LogP contribution >= 0.6 is 12.2 Å². The van der Waals surface area contributed by atoms with Crippen LogP contribution in [0.3, 0.4) is 0 Å². The Labute approximate surface area is 142 Å². The van der Waals surface area contributed by atoms with Crippen LogP contribution in [0, 0.1) is 5.92 Å². The van der Waals surface area contributed by atoms with Gasteiger partial charge >= 0.3 is 0 Å². The van der Waals surface area contributed by atoms with Gasteiger partial charge in [0, 0.05) is 38.6 Å². The lowest BCUT2D eigenvalue weighted by Crippen LogP contribution is -2.53. The van der Waals surface area contributed by atoms with Gasteiger partial charge in [-0.25, -0.2) is 0 Å². The Balaban J connectivity index is 1.42. The molecule has 1 N–H and O–H groups in total. The molecule has 1 aromatic rings. The first kappa shape index (κ1) is 16.1. The quantitative estimate of drug-likeness (QED) is 0.849. The molecule has 2 aliphatic rings. The van der Waals surface area contributed by atoms with E-state index in [9.17, 15) is 4.79 Å². The predicted molar refractivity (Wildman–Crippen MR) is 93.3 cm³/mol. The fourth-order valence-corrected chi connectivity index (χ4v) is 3.01. The molecular weight excluding hydrogens is 310 g/mol. The van der Waals surface area contributed by atoms with Crippen LogP contribution in [-0.4, -0.2) is 54.1 Å². The Bertz CT molecular complexity index is 564. The Morgan fingerprint density at radius 2 is 1.78 bits per heavy atom. The first-order valence-corrected chi connectivity index (χ1v) is 8.52. The first-order valence-electron chi connectivity index (χ1n) is 8.12. The zero-order valence-electron chi connectivity index (χ0n) is 13.5. The number of carbonyl (C=O) groups excluding carboxylic acids is 1. The summed E-state index contributed by atoms with van der Waals surface area (Å²) in [6.07, 6.45) is 2.14. The number of hydrogen-bond donors (Lipinski definition) is 1. The van der Waals surface area contributed by atoms with Crippen molar-refractivity contribution in [1.82, 2.24) is 15.1 Å². The molecule has 1 aromatic carbocycles. The molecule has 1 amide bonds. The van der Waals surface area contributed by atoms with Gasteiger partial charge < -0.3 is 19.9 Å². The molecule has 6 heteroatoms. The van der Waals surface area contributed by atoms with Crippen LogP contribution in [0.1, 0.15) is 18.4 Å². The molecular formula is C17H23N3O2S. The van der Waals surface area contributed by atoms with E-state index >= 15 is 0 Å². The second-order valence-corrected chi connectivity index (χ2v) is 6.48. The molecule has 23 heavy (non-hydrogen) atoms. The zero-order valence-corrected chi connectivity index (χ0v) is 14.3. The molecule has 124 valence electrons. The van der Waals surface area contributed by atoms with Gasteiger partial charge in [0.2, 0.25) is 5.91 Å². The molecule has 1 aliphatic heterocycles. The Morgan fingerprint density at radius 1 is 1.17 bits per heavy atom. The van der Waals surface area contributed by atoms with Crippen molar-refractivity contribution in [3.05, 3.63) is 29.8 Å². The van der Waals surface area contributed by atoms with Crippen LogP contribution in [0.25, 0.3) is 0 Å². The van der Waals surface area contributed by atoms with E-state index in [0.717, 1.165) is 55.4 Å². The number of amides is 1. The van der Waals surface area contributed by atoms with Gasteiger partial charge in [-0.1, -0.05) is 12.1 Å². The van der Waals surface area contributed by atoms with Crippen molar-refractivity contribution in [3.63, 3.8) is 0 Å². The van der Waals surface area contributed by atoms with Gasteiger partial charge in [0.15, 0.2) is 5.11 Å². The smallest absolute Gasteiger partial charge is 0.225 e. The van der Waals surface area contributed by atoms with E-state index in [4.69, 9.17) is 17.0 Å². The third-order valence-electron chi connectivity index (χ3n) is 4.41. The summed E-state index contributed by atoms with van der Waals surface area (Å²) in [6, 6.07) is 7.95. The monoisotopic (exact) mass is 333 g/mol. The van der Waals surface area contributed by atoms with Crippen LogP contribution in [0.2, 0.25) is 0 Å². The third-order valence-corrected chi connectivity index (χ3v) is 4.81. The summed E-state index contributed by atoms with van der Waals surface area (Å²) in [4.78, 5) is 16.2. The molecule has 0 atom stereocenters. The fourth-order valence-electron chi connectivity index (χ4n) is 2.75. The van der Waals surface area contributed by atoms with Gasteiger partial charge in [-0.3, -0.25) is 4.79 Å². The van der Waals surface area contributed by atoms with E-state index in [2.05, 4.69) is 10.2 Å². The number of nitrogens with one attached hydrogen (secondary N) is 1. The SMILES string of the molecule is COc1ccc(CNC(=S)N2CCN(C(=O)C3CC3)CC2)cc1. The van der Waals surface area contributed by atoms with Crippen molar-refractivity contribution in [2.24, 2.45) is 5.92 Å². The lowest BCUT2D eigenvalue weighted by atomic mass is 10.2. The number of thiocarbonyl (C=S) groups is 1. The molecule has 3 rings (SSSR count). The summed E-state index contributed by atoms with van der Waals surface area (Å²) in [5, 5.41) is 4.06. The summed E-state index contributed by atoms with van der Waals surface area (Å²) in [7, 11) is 1.66. The minimum Gasteiger partial charge on any atom is -0.497 e. The number of carbonyl (C=O) groups is 1. The first-order chi connectivity index (χ1) is 11.2. The molecule has 0 aromatic heterocycles. The molecule has 0 unspecified atom stereocenters. The number of ether oxygens (including phenoxy) is 1. The van der Waals surface area contributed by atoms with E-state index in [0.29, 0.717) is 18.4 Å². The second kappa shape index (κ2) is 7.17. The average molecular weight is 333 g/mol. The normalized spacial score (nSPS) is 17.8. The van der Waals surface area contributed by atoms with Crippen LogP contribution in [0.4, 0.5) is 0 Å². The van der Waals surface area contributed by atoms with Crippen molar-refractivity contribution in [2.75, 3.05) is 33.3 Å². The topological polar surface area (TPSA) is 44.8 Å². The standard InChI is InChI=1S/C17H23N3O2S/c1-22-15-6-2-13(3-7-15)12-18-17(23)20-10-8-19(9-11-20)16(21)14-4-5-14/h2-3,6-7,14H,4-5,8-12H2,1H3,(H,18,23).